The second-order valence-corrected chi connectivity index (χ2v) is 3.01. The van der Waals surface area contributed by atoms with Crippen LogP contribution in [0, 0.1) is 0 Å². The topological polar surface area (TPSA) is 55.7 Å². The van der Waals surface area contributed by atoms with E-state index in [0.29, 0.717) is 24.2 Å². The number of carbonyl (C=O) groups excluding carboxylic acids is 1. The molecular formula is C11H9N3O. The largest absolute Gasteiger partial charge is 0.296 e. The van der Waals surface area contributed by atoms with Gasteiger partial charge in [-0.15, -0.1) is 0 Å². The minimum atomic E-state index is 0.399. The Bertz CT molecular complexity index is 456. The van der Waals surface area contributed by atoms with Gasteiger partial charge in [0.1, 0.15) is 11.5 Å². The van der Waals surface area contributed by atoms with Crippen LogP contribution in [0.3, 0.4) is 0 Å². The molecule has 0 atom stereocenters. The minimum Gasteiger partial charge on any atom is -0.296 e. The number of pyridine rings is 1. The molecule has 2 heterocycles. The highest BCUT2D eigenvalue weighted by Crippen LogP contribution is 2.01. The average molecular weight is 199 g/mol. The molecule has 74 valence electrons. The zero-order chi connectivity index (χ0) is 10.5. The molecule has 4 nitrogen and oxygen atoms in total. The van der Waals surface area contributed by atoms with Crippen LogP contribution in [0.25, 0.3) is 0 Å². The SMILES string of the molecule is O=Cc1ccnc(Cc2ccccn2)n1. The van der Waals surface area contributed by atoms with Gasteiger partial charge in [-0.05, 0) is 18.2 Å². The lowest BCUT2D eigenvalue weighted by atomic mass is 10.2. The van der Waals surface area contributed by atoms with Gasteiger partial charge in [0, 0.05) is 18.1 Å². The van der Waals surface area contributed by atoms with Gasteiger partial charge >= 0.3 is 0 Å². The molecule has 0 N–H and O–H groups in total. The van der Waals surface area contributed by atoms with E-state index in [0.717, 1.165) is 5.69 Å². The predicted molar refractivity (Wildman–Crippen MR) is 54.5 cm³/mol. The number of hydrogen-bond acceptors (Lipinski definition) is 4. The fourth-order valence-electron chi connectivity index (χ4n) is 1.23. The Morgan fingerprint density at radius 2 is 2.07 bits per heavy atom. The molecule has 2 rings (SSSR count). The summed E-state index contributed by atoms with van der Waals surface area (Å²) in [6.45, 7) is 0. The van der Waals surface area contributed by atoms with E-state index in [-0.39, 0.29) is 0 Å². The number of carbonyl (C=O) groups is 1. The van der Waals surface area contributed by atoms with Crippen molar-refractivity contribution >= 4 is 6.29 Å². The van der Waals surface area contributed by atoms with Gasteiger partial charge < -0.3 is 0 Å². The van der Waals surface area contributed by atoms with E-state index in [1.165, 1.54) is 0 Å². The Kier molecular flexibility index (Phi) is 2.78. The van der Waals surface area contributed by atoms with Crippen LogP contribution < -0.4 is 0 Å². The lowest BCUT2D eigenvalue weighted by molar-refractivity contribution is 0.111. The first kappa shape index (κ1) is 9.45. The fourth-order valence-corrected chi connectivity index (χ4v) is 1.23. The zero-order valence-electron chi connectivity index (χ0n) is 8.00. The summed E-state index contributed by atoms with van der Waals surface area (Å²) in [6.07, 6.45) is 4.56. The van der Waals surface area contributed by atoms with E-state index >= 15 is 0 Å². The molecule has 0 unspecified atom stereocenters. The van der Waals surface area contributed by atoms with Gasteiger partial charge in [-0.3, -0.25) is 9.78 Å². The molecule has 2 aromatic rings. The Morgan fingerprint density at radius 3 is 2.80 bits per heavy atom. The molecule has 4 heteroatoms. The second kappa shape index (κ2) is 4.41. The normalized spacial score (nSPS) is 9.87. The Balaban J connectivity index is 2.21. The Morgan fingerprint density at radius 1 is 1.13 bits per heavy atom. The number of aldehydes is 1. The minimum absolute atomic E-state index is 0.399. The third-order valence-corrected chi connectivity index (χ3v) is 1.91. The lowest BCUT2D eigenvalue weighted by Gasteiger charge is -1.99. The van der Waals surface area contributed by atoms with Crippen molar-refractivity contribution in [3.63, 3.8) is 0 Å². The number of rotatable bonds is 3. The third-order valence-electron chi connectivity index (χ3n) is 1.91. The van der Waals surface area contributed by atoms with Crippen molar-refractivity contribution in [2.24, 2.45) is 0 Å². The van der Waals surface area contributed by atoms with Crippen LogP contribution in [-0.2, 0) is 6.42 Å². The quantitative estimate of drug-likeness (QED) is 0.698. The summed E-state index contributed by atoms with van der Waals surface area (Å²) in [6, 6.07) is 7.24. The van der Waals surface area contributed by atoms with Crippen LogP contribution >= 0.6 is 0 Å². The predicted octanol–water partition coefficient (Wildman–Crippen LogP) is 1.27. The monoisotopic (exact) mass is 199 g/mol. The highest BCUT2D eigenvalue weighted by molar-refractivity contribution is 5.71. The molecule has 0 aromatic carbocycles. The fraction of sp³-hybridized carbons (Fsp3) is 0.0909. The van der Waals surface area contributed by atoms with Gasteiger partial charge in [-0.25, -0.2) is 9.97 Å². The van der Waals surface area contributed by atoms with Crippen molar-refractivity contribution in [2.75, 3.05) is 0 Å². The molecule has 0 radical (unpaired) electrons. The summed E-state index contributed by atoms with van der Waals surface area (Å²) in [5, 5.41) is 0. The van der Waals surface area contributed by atoms with Crippen LogP contribution in [0.4, 0.5) is 0 Å². The van der Waals surface area contributed by atoms with Crippen molar-refractivity contribution in [3.05, 3.63) is 53.9 Å². The van der Waals surface area contributed by atoms with Crippen molar-refractivity contribution in [3.8, 4) is 0 Å². The maximum atomic E-state index is 10.5. The number of hydrogen-bond donors (Lipinski definition) is 0. The van der Waals surface area contributed by atoms with Gasteiger partial charge in [-0.2, -0.15) is 0 Å². The van der Waals surface area contributed by atoms with Crippen LogP contribution in [0.15, 0.2) is 36.7 Å². The number of nitrogens with zero attached hydrogens (tertiary/aromatic N) is 3. The van der Waals surface area contributed by atoms with Crippen LogP contribution in [-0.4, -0.2) is 21.2 Å². The standard InChI is InChI=1S/C11H9N3O/c15-8-10-4-6-13-11(14-10)7-9-3-1-2-5-12-9/h1-6,8H,7H2. The van der Waals surface area contributed by atoms with Gasteiger partial charge in [0.2, 0.25) is 0 Å². The number of aromatic nitrogens is 3. The van der Waals surface area contributed by atoms with E-state index < -0.39 is 0 Å². The maximum Gasteiger partial charge on any atom is 0.168 e. The molecular weight excluding hydrogens is 190 g/mol. The van der Waals surface area contributed by atoms with E-state index in [1.807, 2.05) is 18.2 Å². The molecule has 0 fully saturated rings. The molecule has 0 spiro atoms. The first-order chi connectivity index (χ1) is 7.38. The van der Waals surface area contributed by atoms with Crippen LogP contribution in [0.5, 0.6) is 0 Å². The summed E-state index contributed by atoms with van der Waals surface area (Å²) < 4.78 is 0. The van der Waals surface area contributed by atoms with Crippen molar-refractivity contribution in [2.45, 2.75) is 6.42 Å². The van der Waals surface area contributed by atoms with E-state index in [9.17, 15) is 4.79 Å². The van der Waals surface area contributed by atoms with Gasteiger partial charge in [0.25, 0.3) is 0 Å². The molecule has 0 aliphatic carbocycles. The van der Waals surface area contributed by atoms with E-state index in [4.69, 9.17) is 0 Å². The smallest absolute Gasteiger partial charge is 0.168 e. The van der Waals surface area contributed by atoms with Crippen molar-refractivity contribution in [1.82, 2.24) is 15.0 Å². The van der Waals surface area contributed by atoms with E-state index in [2.05, 4.69) is 15.0 Å². The summed E-state index contributed by atoms with van der Waals surface area (Å²) >= 11 is 0. The summed E-state index contributed by atoms with van der Waals surface area (Å²) in [4.78, 5) is 22.8. The van der Waals surface area contributed by atoms with Crippen molar-refractivity contribution < 1.29 is 4.79 Å². The Hall–Kier alpha value is -2.10. The molecule has 0 bridgehead atoms. The molecule has 0 saturated heterocycles. The molecule has 0 aliphatic heterocycles. The van der Waals surface area contributed by atoms with Crippen LogP contribution in [0.2, 0.25) is 0 Å². The first-order valence-electron chi connectivity index (χ1n) is 4.55. The highest BCUT2D eigenvalue weighted by atomic mass is 16.1. The molecule has 2 aromatic heterocycles. The lowest BCUT2D eigenvalue weighted by Crippen LogP contribution is -2.00. The van der Waals surface area contributed by atoms with Gasteiger partial charge in [-0.1, -0.05) is 6.07 Å². The van der Waals surface area contributed by atoms with E-state index in [1.54, 1.807) is 18.5 Å². The average Bonchev–Trinajstić information content (AvgIpc) is 2.31. The van der Waals surface area contributed by atoms with Gasteiger partial charge in [0.05, 0.1) is 6.42 Å². The van der Waals surface area contributed by atoms with Gasteiger partial charge in [0.15, 0.2) is 6.29 Å². The van der Waals surface area contributed by atoms with Crippen molar-refractivity contribution in [1.29, 1.82) is 0 Å². The highest BCUT2D eigenvalue weighted by Gasteiger charge is 2.00. The summed E-state index contributed by atoms with van der Waals surface area (Å²) in [5.74, 6) is 0.610. The molecule has 15 heavy (non-hydrogen) atoms. The summed E-state index contributed by atoms with van der Waals surface area (Å²) in [7, 11) is 0. The third kappa shape index (κ3) is 2.43. The summed E-state index contributed by atoms with van der Waals surface area (Å²) in [5.41, 5.74) is 1.29. The first-order valence-corrected chi connectivity index (χ1v) is 4.55. The maximum absolute atomic E-state index is 10.5. The molecule has 0 amide bonds. The zero-order valence-corrected chi connectivity index (χ0v) is 8.00. The second-order valence-electron chi connectivity index (χ2n) is 3.01. The Labute approximate surface area is 87.0 Å². The molecule has 0 aliphatic rings. The van der Waals surface area contributed by atoms with Crippen LogP contribution in [0.1, 0.15) is 22.0 Å². The molecule has 0 saturated carbocycles.